The van der Waals surface area contributed by atoms with Gasteiger partial charge in [0.2, 0.25) is 5.43 Å². The van der Waals surface area contributed by atoms with Crippen molar-refractivity contribution in [3.63, 3.8) is 0 Å². The van der Waals surface area contributed by atoms with Gasteiger partial charge in [0.25, 0.3) is 0 Å². The standard InChI is InChI=1S/C23H24BrNO3/c1-14-5-3-4-12-25(14)13-19-20(26)11-10-18-22(27)21(15(2)28-23(18)19)16-6-8-17(24)9-7-16/h6-11,14,26H,3-5,12-13H2,1-2H3/t14-/m1/s1. The SMILES string of the molecule is Cc1oc2c(CN3CCCC[C@H]3C)c(O)ccc2c(=O)c1-c1ccc(Br)cc1. The fourth-order valence-corrected chi connectivity index (χ4v) is 4.38. The maximum atomic E-state index is 13.3. The normalized spacial score (nSPS) is 17.9. The number of aromatic hydroxyl groups is 1. The van der Waals surface area contributed by atoms with Crippen LogP contribution in [0.25, 0.3) is 22.1 Å². The van der Waals surface area contributed by atoms with E-state index < -0.39 is 0 Å². The Bertz CT molecular complexity index is 1070. The number of fused-ring (bicyclic) bond motifs is 1. The van der Waals surface area contributed by atoms with Crippen LogP contribution in [-0.4, -0.2) is 22.6 Å². The van der Waals surface area contributed by atoms with E-state index in [1.165, 1.54) is 6.42 Å². The van der Waals surface area contributed by atoms with Gasteiger partial charge in [-0.05, 0) is 63.1 Å². The van der Waals surface area contributed by atoms with Crippen molar-refractivity contribution in [3.05, 3.63) is 62.4 Å². The zero-order valence-corrected chi connectivity index (χ0v) is 17.8. The predicted octanol–water partition coefficient (Wildman–Crippen LogP) is 5.61. The van der Waals surface area contributed by atoms with Crippen molar-refractivity contribution >= 4 is 26.9 Å². The second-order valence-corrected chi connectivity index (χ2v) is 8.54. The zero-order chi connectivity index (χ0) is 19.8. The molecule has 1 fully saturated rings. The van der Waals surface area contributed by atoms with E-state index in [-0.39, 0.29) is 11.2 Å². The summed E-state index contributed by atoms with van der Waals surface area (Å²) in [6, 6.07) is 11.4. The first-order valence-corrected chi connectivity index (χ1v) is 10.5. The number of likely N-dealkylation sites (tertiary alicyclic amines) is 1. The molecular weight excluding hydrogens is 418 g/mol. The maximum absolute atomic E-state index is 13.3. The summed E-state index contributed by atoms with van der Waals surface area (Å²) in [6.45, 7) is 5.62. The van der Waals surface area contributed by atoms with Gasteiger partial charge in [0, 0.05) is 17.1 Å². The summed E-state index contributed by atoms with van der Waals surface area (Å²) in [6.07, 6.45) is 3.55. The maximum Gasteiger partial charge on any atom is 0.200 e. The number of phenolic OH excluding ortho intramolecular Hbond substituents is 1. The Balaban J connectivity index is 1.85. The minimum Gasteiger partial charge on any atom is -0.507 e. The molecule has 5 heteroatoms. The zero-order valence-electron chi connectivity index (χ0n) is 16.2. The molecule has 0 amide bonds. The number of aryl methyl sites for hydroxylation is 1. The molecule has 146 valence electrons. The Morgan fingerprint density at radius 2 is 1.93 bits per heavy atom. The van der Waals surface area contributed by atoms with Gasteiger partial charge in [0.15, 0.2) is 0 Å². The third kappa shape index (κ3) is 3.49. The molecule has 0 aliphatic carbocycles. The van der Waals surface area contributed by atoms with Crippen LogP contribution in [0, 0.1) is 6.92 Å². The minimum atomic E-state index is -0.0611. The van der Waals surface area contributed by atoms with Crippen LogP contribution in [0.3, 0.4) is 0 Å². The highest BCUT2D eigenvalue weighted by molar-refractivity contribution is 9.10. The van der Waals surface area contributed by atoms with Gasteiger partial charge in [0.05, 0.1) is 16.5 Å². The highest BCUT2D eigenvalue weighted by atomic mass is 79.9. The minimum absolute atomic E-state index is 0.0611. The van der Waals surface area contributed by atoms with E-state index in [4.69, 9.17) is 4.42 Å². The second-order valence-electron chi connectivity index (χ2n) is 7.62. The lowest BCUT2D eigenvalue weighted by atomic mass is 9.99. The molecule has 1 N–H and O–H groups in total. The van der Waals surface area contributed by atoms with Gasteiger partial charge in [-0.2, -0.15) is 0 Å². The van der Waals surface area contributed by atoms with Crippen LogP contribution in [-0.2, 0) is 6.54 Å². The third-order valence-electron chi connectivity index (χ3n) is 5.75. The molecule has 1 aliphatic rings. The Morgan fingerprint density at radius 3 is 2.64 bits per heavy atom. The Hall–Kier alpha value is -2.11. The summed E-state index contributed by atoms with van der Waals surface area (Å²) in [4.78, 5) is 15.6. The average molecular weight is 442 g/mol. The molecule has 2 aromatic carbocycles. The molecular formula is C23H24BrNO3. The summed E-state index contributed by atoms with van der Waals surface area (Å²) in [5.74, 6) is 0.752. The van der Waals surface area contributed by atoms with Crippen molar-refractivity contribution in [3.8, 4) is 16.9 Å². The van der Waals surface area contributed by atoms with Crippen LogP contribution in [0.5, 0.6) is 5.75 Å². The van der Waals surface area contributed by atoms with Gasteiger partial charge < -0.3 is 9.52 Å². The molecule has 0 radical (unpaired) electrons. The van der Waals surface area contributed by atoms with Crippen molar-refractivity contribution in [2.45, 2.75) is 45.7 Å². The lowest BCUT2D eigenvalue weighted by molar-refractivity contribution is 0.151. The molecule has 4 rings (SSSR count). The Morgan fingerprint density at radius 1 is 1.18 bits per heavy atom. The highest BCUT2D eigenvalue weighted by Crippen LogP contribution is 2.32. The van der Waals surface area contributed by atoms with Gasteiger partial charge in [-0.3, -0.25) is 9.69 Å². The highest BCUT2D eigenvalue weighted by Gasteiger charge is 2.23. The summed E-state index contributed by atoms with van der Waals surface area (Å²) >= 11 is 3.43. The Kier molecular flexibility index (Phi) is 5.30. The first-order chi connectivity index (χ1) is 13.5. The number of phenols is 1. The summed E-state index contributed by atoms with van der Waals surface area (Å²) in [5, 5.41) is 11.0. The number of piperidine rings is 1. The molecule has 2 heterocycles. The molecule has 1 saturated heterocycles. The monoisotopic (exact) mass is 441 g/mol. The van der Waals surface area contributed by atoms with Crippen molar-refractivity contribution < 1.29 is 9.52 Å². The van der Waals surface area contributed by atoms with E-state index in [0.717, 1.165) is 29.4 Å². The van der Waals surface area contributed by atoms with Crippen LogP contribution < -0.4 is 5.43 Å². The molecule has 28 heavy (non-hydrogen) atoms. The second kappa shape index (κ2) is 7.72. The van der Waals surface area contributed by atoms with E-state index in [1.807, 2.05) is 31.2 Å². The lowest BCUT2D eigenvalue weighted by Gasteiger charge is -2.33. The molecule has 3 aromatic rings. The van der Waals surface area contributed by atoms with Gasteiger partial charge in [0.1, 0.15) is 17.1 Å². The van der Waals surface area contributed by atoms with E-state index >= 15 is 0 Å². The van der Waals surface area contributed by atoms with Crippen molar-refractivity contribution in [2.24, 2.45) is 0 Å². The van der Waals surface area contributed by atoms with Gasteiger partial charge in [-0.25, -0.2) is 0 Å². The summed E-state index contributed by atoms with van der Waals surface area (Å²) in [5.41, 5.74) is 2.54. The average Bonchev–Trinajstić information content (AvgIpc) is 2.67. The summed E-state index contributed by atoms with van der Waals surface area (Å²) in [7, 11) is 0. The molecule has 0 unspecified atom stereocenters. The number of hydrogen-bond acceptors (Lipinski definition) is 4. The predicted molar refractivity (Wildman–Crippen MR) is 116 cm³/mol. The van der Waals surface area contributed by atoms with Gasteiger partial charge >= 0.3 is 0 Å². The molecule has 0 bridgehead atoms. The summed E-state index contributed by atoms with van der Waals surface area (Å²) < 4.78 is 7.11. The molecule has 0 spiro atoms. The van der Waals surface area contributed by atoms with E-state index in [9.17, 15) is 9.90 Å². The number of nitrogens with zero attached hydrogens (tertiary/aromatic N) is 1. The van der Waals surface area contributed by atoms with Crippen molar-refractivity contribution in [2.75, 3.05) is 6.54 Å². The number of benzene rings is 2. The van der Waals surface area contributed by atoms with Crippen molar-refractivity contribution in [1.29, 1.82) is 0 Å². The quantitative estimate of drug-likeness (QED) is 0.573. The lowest BCUT2D eigenvalue weighted by Crippen LogP contribution is -2.36. The van der Waals surface area contributed by atoms with Crippen LogP contribution in [0.2, 0.25) is 0 Å². The fraction of sp³-hybridized carbons (Fsp3) is 0.348. The molecule has 1 aromatic heterocycles. The van der Waals surface area contributed by atoms with Crippen LogP contribution in [0.15, 0.2) is 50.1 Å². The largest absolute Gasteiger partial charge is 0.507 e. The first kappa shape index (κ1) is 19.2. The topological polar surface area (TPSA) is 53.7 Å². The molecule has 4 nitrogen and oxygen atoms in total. The van der Waals surface area contributed by atoms with Crippen LogP contribution in [0.4, 0.5) is 0 Å². The van der Waals surface area contributed by atoms with Gasteiger partial charge in [-0.1, -0.05) is 34.5 Å². The number of halogens is 1. The van der Waals surface area contributed by atoms with Gasteiger partial charge in [-0.15, -0.1) is 0 Å². The fourth-order valence-electron chi connectivity index (χ4n) is 4.11. The van der Waals surface area contributed by atoms with Crippen molar-refractivity contribution in [1.82, 2.24) is 4.90 Å². The van der Waals surface area contributed by atoms with E-state index in [0.29, 0.717) is 40.4 Å². The number of hydrogen-bond donors (Lipinski definition) is 1. The van der Waals surface area contributed by atoms with E-state index in [1.54, 1.807) is 12.1 Å². The number of rotatable bonds is 3. The third-order valence-corrected chi connectivity index (χ3v) is 6.28. The Labute approximate surface area is 172 Å². The molecule has 0 saturated carbocycles. The molecule has 1 aliphatic heterocycles. The molecule has 1 atom stereocenters. The van der Waals surface area contributed by atoms with E-state index in [2.05, 4.69) is 27.8 Å². The first-order valence-electron chi connectivity index (χ1n) is 9.74. The van der Waals surface area contributed by atoms with Crippen LogP contribution in [0.1, 0.15) is 37.5 Å². The smallest absolute Gasteiger partial charge is 0.200 e. The van der Waals surface area contributed by atoms with Crippen LogP contribution >= 0.6 is 15.9 Å².